The maximum atomic E-state index is 11.6. The molecule has 0 radical (unpaired) electrons. The van der Waals surface area contributed by atoms with Crippen LogP contribution in [0.2, 0.25) is 0 Å². The third kappa shape index (κ3) is 5.44. The van der Waals surface area contributed by atoms with Crippen LogP contribution in [-0.4, -0.2) is 40.2 Å². The number of fused-ring (bicyclic) bond motifs is 1. The molecule has 0 fully saturated rings. The van der Waals surface area contributed by atoms with Crippen LogP contribution in [0.5, 0.6) is 17.6 Å². The van der Waals surface area contributed by atoms with Crippen LogP contribution in [0.4, 0.5) is 15.7 Å². The fourth-order valence-electron chi connectivity index (χ4n) is 3.14. The molecule has 0 saturated heterocycles. The van der Waals surface area contributed by atoms with E-state index in [9.17, 15) is 4.79 Å². The highest BCUT2D eigenvalue weighted by molar-refractivity contribution is 7.15. The number of aromatic nitrogens is 3. The Labute approximate surface area is 190 Å². The molecule has 10 heteroatoms. The number of carbonyl (C=O) groups is 1. The van der Waals surface area contributed by atoms with Crippen LogP contribution in [-0.2, 0) is 13.0 Å². The highest BCUT2D eigenvalue weighted by Crippen LogP contribution is 2.33. The number of thiazole rings is 1. The van der Waals surface area contributed by atoms with Crippen molar-refractivity contribution >= 4 is 28.3 Å². The van der Waals surface area contributed by atoms with Crippen molar-refractivity contribution in [3.63, 3.8) is 0 Å². The number of urea groups is 1. The van der Waals surface area contributed by atoms with Crippen molar-refractivity contribution in [1.82, 2.24) is 20.3 Å². The number of hydrogen-bond donors (Lipinski definition) is 2. The monoisotopic (exact) mass is 454 g/mol. The fraction of sp³-hybridized carbons (Fsp3) is 0.364. The molecule has 0 saturated carbocycles. The van der Waals surface area contributed by atoms with E-state index in [4.69, 9.17) is 9.47 Å². The van der Waals surface area contributed by atoms with Crippen LogP contribution < -0.4 is 25.0 Å². The Kier molecular flexibility index (Phi) is 6.13. The summed E-state index contributed by atoms with van der Waals surface area (Å²) in [5, 5.41) is 5.88. The zero-order valence-electron chi connectivity index (χ0n) is 18.5. The fourth-order valence-corrected chi connectivity index (χ4v) is 4.16. The Morgan fingerprint density at radius 3 is 2.66 bits per heavy atom. The quantitative estimate of drug-likeness (QED) is 0.595. The lowest BCUT2D eigenvalue weighted by atomic mass is 10.2. The van der Waals surface area contributed by atoms with Gasteiger partial charge in [0, 0.05) is 31.0 Å². The van der Waals surface area contributed by atoms with E-state index in [0.717, 1.165) is 23.5 Å². The average Bonchev–Trinajstić information content (AvgIpc) is 3.14. The minimum absolute atomic E-state index is 0.262. The van der Waals surface area contributed by atoms with Gasteiger partial charge in [-0.05, 0) is 32.9 Å². The molecule has 3 aromatic rings. The second-order valence-corrected chi connectivity index (χ2v) is 9.32. The van der Waals surface area contributed by atoms with Crippen molar-refractivity contribution in [1.29, 1.82) is 0 Å². The Morgan fingerprint density at radius 1 is 1.16 bits per heavy atom. The SMILES string of the molecule is CNC(=O)Nc1nc2c(s1)CN(c1cc(Oc3ccccc3)nc(OC(C)(C)C)n1)CC2. The van der Waals surface area contributed by atoms with Gasteiger partial charge in [-0.2, -0.15) is 9.97 Å². The molecule has 0 unspecified atom stereocenters. The van der Waals surface area contributed by atoms with Crippen LogP contribution >= 0.6 is 11.3 Å². The molecule has 1 aliphatic heterocycles. The minimum Gasteiger partial charge on any atom is -0.458 e. The summed E-state index contributed by atoms with van der Waals surface area (Å²) in [5.74, 6) is 1.81. The minimum atomic E-state index is -0.449. The van der Waals surface area contributed by atoms with E-state index < -0.39 is 5.60 Å². The number of para-hydroxylation sites is 1. The van der Waals surface area contributed by atoms with E-state index in [1.165, 1.54) is 11.3 Å². The van der Waals surface area contributed by atoms with Crippen molar-refractivity contribution in [2.24, 2.45) is 0 Å². The third-order valence-electron chi connectivity index (χ3n) is 4.53. The van der Waals surface area contributed by atoms with E-state index >= 15 is 0 Å². The molecule has 32 heavy (non-hydrogen) atoms. The van der Waals surface area contributed by atoms with Gasteiger partial charge in [-0.25, -0.2) is 9.78 Å². The standard InChI is InChI=1S/C22H26N6O3S/c1-22(2,3)31-20-25-17(12-18(26-20)30-14-8-6-5-7-9-14)28-11-10-15-16(13-28)32-21(24-15)27-19(29)23-4/h5-9,12H,10-11,13H2,1-4H3,(H2,23,24,27,29). The van der Waals surface area contributed by atoms with Crippen LogP contribution in [0.3, 0.4) is 0 Å². The van der Waals surface area contributed by atoms with Gasteiger partial charge in [0.1, 0.15) is 17.2 Å². The van der Waals surface area contributed by atoms with Gasteiger partial charge in [-0.15, -0.1) is 0 Å². The summed E-state index contributed by atoms with van der Waals surface area (Å²) < 4.78 is 11.9. The maximum absolute atomic E-state index is 11.6. The summed E-state index contributed by atoms with van der Waals surface area (Å²) in [5.41, 5.74) is 0.550. The van der Waals surface area contributed by atoms with Crippen LogP contribution in [0.1, 0.15) is 31.3 Å². The lowest BCUT2D eigenvalue weighted by Gasteiger charge is -2.28. The normalized spacial score (nSPS) is 13.3. The summed E-state index contributed by atoms with van der Waals surface area (Å²) in [7, 11) is 1.58. The molecule has 3 heterocycles. The first-order chi connectivity index (χ1) is 15.3. The number of amides is 2. The van der Waals surface area contributed by atoms with E-state index in [0.29, 0.717) is 29.1 Å². The van der Waals surface area contributed by atoms with E-state index in [1.54, 1.807) is 7.05 Å². The summed E-state index contributed by atoms with van der Waals surface area (Å²) in [6.07, 6.45) is 0.746. The zero-order valence-corrected chi connectivity index (χ0v) is 19.3. The third-order valence-corrected chi connectivity index (χ3v) is 5.53. The van der Waals surface area contributed by atoms with Crippen LogP contribution in [0, 0.1) is 0 Å². The smallest absolute Gasteiger partial charge is 0.322 e. The lowest BCUT2D eigenvalue weighted by Crippen LogP contribution is -2.31. The predicted octanol–water partition coefficient (Wildman–Crippen LogP) is 4.22. The summed E-state index contributed by atoms with van der Waals surface area (Å²) >= 11 is 1.47. The molecule has 9 nitrogen and oxygen atoms in total. The van der Waals surface area contributed by atoms with Gasteiger partial charge in [-0.3, -0.25) is 5.32 Å². The second kappa shape index (κ2) is 8.99. The van der Waals surface area contributed by atoms with Gasteiger partial charge in [0.25, 0.3) is 0 Å². The molecule has 168 valence electrons. The Hall–Kier alpha value is -3.40. The molecule has 2 N–H and O–H groups in total. The highest BCUT2D eigenvalue weighted by Gasteiger charge is 2.24. The molecular weight excluding hydrogens is 428 g/mol. The van der Waals surface area contributed by atoms with E-state index in [1.807, 2.05) is 57.2 Å². The molecule has 1 aromatic carbocycles. The van der Waals surface area contributed by atoms with Gasteiger partial charge in [0.15, 0.2) is 5.13 Å². The molecular formula is C22H26N6O3S. The largest absolute Gasteiger partial charge is 0.458 e. The Morgan fingerprint density at radius 2 is 1.94 bits per heavy atom. The van der Waals surface area contributed by atoms with Gasteiger partial charge in [-0.1, -0.05) is 29.5 Å². The van der Waals surface area contributed by atoms with Crippen molar-refractivity contribution in [3.05, 3.63) is 47.0 Å². The molecule has 0 bridgehead atoms. The van der Waals surface area contributed by atoms with Gasteiger partial charge >= 0.3 is 12.0 Å². The Bertz CT molecular complexity index is 1100. The molecule has 1 aliphatic rings. The van der Waals surface area contributed by atoms with Crippen molar-refractivity contribution < 1.29 is 14.3 Å². The Balaban J connectivity index is 1.60. The first-order valence-electron chi connectivity index (χ1n) is 10.3. The maximum Gasteiger partial charge on any atom is 0.322 e. The molecule has 0 spiro atoms. The van der Waals surface area contributed by atoms with Gasteiger partial charge in [0.05, 0.1) is 12.2 Å². The topological polar surface area (TPSA) is 102 Å². The number of benzene rings is 1. The van der Waals surface area contributed by atoms with Crippen LogP contribution in [0.25, 0.3) is 0 Å². The van der Waals surface area contributed by atoms with E-state index in [-0.39, 0.29) is 12.0 Å². The number of hydrogen-bond acceptors (Lipinski definition) is 8. The predicted molar refractivity (Wildman–Crippen MR) is 124 cm³/mol. The summed E-state index contributed by atoms with van der Waals surface area (Å²) in [6.45, 7) is 7.21. The summed E-state index contributed by atoms with van der Waals surface area (Å²) in [6, 6.07) is 11.3. The molecule has 2 aromatic heterocycles. The van der Waals surface area contributed by atoms with Gasteiger partial charge < -0.3 is 19.7 Å². The number of nitrogens with one attached hydrogen (secondary N) is 2. The summed E-state index contributed by atoms with van der Waals surface area (Å²) in [4.78, 5) is 28.5. The average molecular weight is 455 g/mol. The number of anilines is 2. The second-order valence-electron chi connectivity index (χ2n) is 8.24. The first kappa shape index (κ1) is 21.8. The highest BCUT2D eigenvalue weighted by atomic mass is 32.1. The van der Waals surface area contributed by atoms with Crippen molar-refractivity contribution in [2.45, 2.75) is 39.3 Å². The number of carbonyl (C=O) groups excluding carboxylic acids is 1. The van der Waals surface area contributed by atoms with Crippen molar-refractivity contribution in [3.8, 4) is 17.6 Å². The lowest BCUT2D eigenvalue weighted by molar-refractivity contribution is 0.116. The van der Waals surface area contributed by atoms with Crippen molar-refractivity contribution in [2.75, 3.05) is 23.8 Å². The number of nitrogens with zero attached hydrogens (tertiary/aromatic N) is 4. The van der Waals surface area contributed by atoms with E-state index in [2.05, 4.69) is 30.5 Å². The zero-order chi connectivity index (χ0) is 22.7. The molecule has 4 rings (SSSR count). The number of rotatable bonds is 5. The molecule has 0 atom stereocenters. The molecule has 2 amide bonds. The molecule has 0 aliphatic carbocycles. The number of ether oxygens (including phenoxy) is 2. The van der Waals surface area contributed by atoms with Gasteiger partial charge in [0.2, 0.25) is 5.88 Å². The van der Waals surface area contributed by atoms with Crippen LogP contribution in [0.15, 0.2) is 36.4 Å². The first-order valence-corrected chi connectivity index (χ1v) is 11.1.